The van der Waals surface area contributed by atoms with Crippen LogP contribution in [0.4, 0.5) is 0 Å². The number of ether oxygens (including phenoxy) is 4. The predicted octanol–water partition coefficient (Wildman–Crippen LogP) is 5.54. The van der Waals surface area contributed by atoms with Crippen molar-refractivity contribution in [2.75, 3.05) is 26.4 Å². The maximum atomic E-state index is 14.1. The van der Waals surface area contributed by atoms with Gasteiger partial charge in [0, 0.05) is 22.3 Å². The lowest BCUT2D eigenvalue weighted by Crippen LogP contribution is -2.22. The quantitative estimate of drug-likeness (QED) is 0.559. The molecule has 5 heteroatoms. The van der Waals surface area contributed by atoms with Crippen LogP contribution in [0.15, 0.2) is 36.4 Å². The number of carbonyl (C=O) groups is 1. The monoisotopic (exact) mass is 434 g/mol. The molecule has 0 atom stereocenters. The minimum absolute atomic E-state index is 0.105. The van der Waals surface area contributed by atoms with E-state index in [9.17, 15) is 4.79 Å². The lowest BCUT2D eigenvalue weighted by Gasteiger charge is -2.33. The first-order valence-electron chi connectivity index (χ1n) is 12.1. The van der Waals surface area contributed by atoms with Gasteiger partial charge < -0.3 is 18.9 Å². The van der Waals surface area contributed by atoms with Gasteiger partial charge in [-0.05, 0) is 48.6 Å². The van der Waals surface area contributed by atoms with Gasteiger partial charge in [-0.15, -0.1) is 0 Å². The van der Waals surface area contributed by atoms with Crippen LogP contribution in [0, 0.1) is 0 Å². The summed E-state index contributed by atoms with van der Waals surface area (Å²) in [6.07, 6.45) is 6.14. The fraction of sp³-hybridized carbons (Fsp3) is 0.519. The van der Waals surface area contributed by atoms with Gasteiger partial charge in [-0.25, -0.2) is 0 Å². The molecule has 2 saturated carbocycles. The third-order valence-electron chi connectivity index (χ3n) is 7.55. The molecule has 0 spiro atoms. The number of carbonyl (C=O) groups excluding carboxylic acids is 1. The number of benzene rings is 2. The predicted molar refractivity (Wildman–Crippen MR) is 119 cm³/mol. The van der Waals surface area contributed by atoms with Crippen molar-refractivity contribution in [1.82, 2.24) is 0 Å². The summed E-state index contributed by atoms with van der Waals surface area (Å²) in [5.74, 6) is 0.901. The summed E-state index contributed by atoms with van der Waals surface area (Å²) in [6.45, 7) is 2.40. The third kappa shape index (κ3) is 3.52. The van der Waals surface area contributed by atoms with Crippen molar-refractivity contribution in [2.24, 2.45) is 0 Å². The Morgan fingerprint density at radius 2 is 1.03 bits per heavy atom. The Morgan fingerprint density at radius 1 is 0.625 bits per heavy atom. The maximum Gasteiger partial charge on any atom is 0.193 e. The zero-order chi connectivity index (χ0) is 21.5. The average Bonchev–Trinajstić information content (AvgIpc) is 3.45. The van der Waals surface area contributed by atoms with Crippen molar-refractivity contribution < 1.29 is 23.7 Å². The van der Waals surface area contributed by atoms with E-state index in [1.165, 1.54) is 12.8 Å². The highest BCUT2D eigenvalue weighted by atomic mass is 16.7. The number of rotatable bonds is 6. The fourth-order valence-corrected chi connectivity index (χ4v) is 5.50. The maximum absolute atomic E-state index is 14.1. The van der Waals surface area contributed by atoms with Gasteiger partial charge in [0.25, 0.3) is 0 Å². The lowest BCUT2D eigenvalue weighted by molar-refractivity contribution is -0.0453. The molecular formula is C27H30O5. The lowest BCUT2D eigenvalue weighted by atomic mass is 9.72. The smallest absolute Gasteiger partial charge is 0.193 e. The van der Waals surface area contributed by atoms with Crippen LogP contribution in [-0.4, -0.2) is 32.2 Å². The number of hydrogen-bond donors (Lipinski definition) is 0. The largest absolute Gasteiger partial charge is 0.346 e. The summed E-state index contributed by atoms with van der Waals surface area (Å²) < 4.78 is 23.4. The minimum atomic E-state index is -0.365. The molecular weight excluding hydrogens is 404 g/mol. The minimum Gasteiger partial charge on any atom is -0.346 e. The standard InChI is InChI=1S/C27H30O5/c28-25(19-9-3-11-21(26-29-13-14-30-26)23(19)17-5-1-6-17)20-10-4-12-22(27-31-15-16-32-27)24(20)18-7-2-8-18/h3-4,9-12,17-18,26-27H,1-2,5-8,13-16H2. The van der Waals surface area contributed by atoms with Crippen molar-refractivity contribution >= 4 is 5.78 Å². The summed E-state index contributed by atoms with van der Waals surface area (Å²) >= 11 is 0. The van der Waals surface area contributed by atoms with E-state index in [-0.39, 0.29) is 18.4 Å². The van der Waals surface area contributed by atoms with Gasteiger partial charge in [0.05, 0.1) is 26.4 Å². The van der Waals surface area contributed by atoms with Crippen LogP contribution in [0.25, 0.3) is 0 Å². The van der Waals surface area contributed by atoms with E-state index in [1.807, 2.05) is 24.3 Å². The molecule has 2 aromatic rings. The van der Waals surface area contributed by atoms with E-state index >= 15 is 0 Å². The zero-order valence-electron chi connectivity index (χ0n) is 18.4. The summed E-state index contributed by atoms with van der Waals surface area (Å²) in [5.41, 5.74) is 5.93. The van der Waals surface area contributed by atoms with E-state index in [4.69, 9.17) is 18.9 Å². The van der Waals surface area contributed by atoms with Gasteiger partial charge in [-0.2, -0.15) is 0 Å². The molecule has 4 aliphatic rings. The van der Waals surface area contributed by atoms with E-state index in [2.05, 4.69) is 12.1 Å². The van der Waals surface area contributed by atoms with Gasteiger partial charge >= 0.3 is 0 Å². The van der Waals surface area contributed by atoms with Crippen LogP contribution in [-0.2, 0) is 18.9 Å². The third-order valence-corrected chi connectivity index (χ3v) is 7.55. The second-order valence-electron chi connectivity index (χ2n) is 9.35. The van der Waals surface area contributed by atoms with Gasteiger partial charge in [0.2, 0.25) is 0 Å². The zero-order valence-corrected chi connectivity index (χ0v) is 18.4. The van der Waals surface area contributed by atoms with Crippen LogP contribution in [0.3, 0.4) is 0 Å². The van der Waals surface area contributed by atoms with Crippen LogP contribution in [0.2, 0.25) is 0 Å². The van der Waals surface area contributed by atoms with Crippen molar-refractivity contribution in [1.29, 1.82) is 0 Å². The van der Waals surface area contributed by atoms with Crippen LogP contribution in [0.1, 0.15) is 101 Å². The first kappa shape index (κ1) is 20.5. The van der Waals surface area contributed by atoms with Gasteiger partial charge in [-0.1, -0.05) is 49.2 Å². The van der Waals surface area contributed by atoms with E-state index < -0.39 is 0 Å². The Kier molecular flexibility index (Phi) is 5.59. The molecule has 4 fully saturated rings. The van der Waals surface area contributed by atoms with Crippen LogP contribution >= 0.6 is 0 Å². The Labute approximate surface area is 189 Å². The Morgan fingerprint density at radius 3 is 1.38 bits per heavy atom. The van der Waals surface area contributed by atoms with E-state index in [0.29, 0.717) is 38.3 Å². The second-order valence-corrected chi connectivity index (χ2v) is 9.35. The molecule has 2 aromatic carbocycles. The van der Waals surface area contributed by atoms with Crippen molar-refractivity contribution in [3.05, 3.63) is 69.8 Å². The normalized spacial score (nSPS) is 22.8. The Hall–Kier alpha value is -2.05. The molecule has 0 N–H and O–H groups in total. The molecule has 0 unspecified atom stereocenters. The first-order valence-corrected chi connectivity index (χ1v) is 12.1. The summed E-state index contributed by atoms with van der Waals surface area (Å²) in [6, 6.07) is 12.1. The van der Waals surface area contributed by atoms with Gasteiger partial charge in [0.15, 0.2) is 18.4 Å². The topological polar surface area (TPSA) is 54.0 Å². The molecule has 0 aromatic heterocycles. The van der Waals surface area contributed by atoms with Gasteiger partial charge in [-0.3, -0.25) is 4.79 Å². The van der Waals surface area contributed by atoms with Crippen molar-refractivity contribution in [3.8, 4) is 0 Å². The molecule has 2 aliphatic carbocycles. The Balaban J connectivity index is 1.45. The number of hydrogen-bond acceptors (Lipinski definition) is 5. The molecule has 168 valence electrons. The highest BCUT2D eigenvalue weighted by molar-refractivity contribution is 6.11. The molecule has 6 rings (SSSR count). The van der Waals surface area contributed by atoms with Crippen LogP contribution in [0.5, 0.6) is 0 Å². The molecule has 2 saturated heterocycles. The van der Waals surface area contributed by atoms with E-state index in [1.54, 1.807) is 0 Å². The second kappa shape index (κ2) is 8.71. The Bertz CT molecular complexity index is 916. The fourth-order valence-electron chi connectivity index (χ4n) is 5.50. The SMILES string of the molecule is O=C(c1cccc(C2OCCO2)c1C1CCC1)c1cccc(C2OCCO2)c1C1CCC1. The molecule has 2 aliphatic heterocycles. The molecule has 2 heterocycles. The van der Waals surface area contributed by atoms with Crippen molar-refractivity contribution in [3.63, 3.8) is 0 Å². The van der Waals surface area contributed by atoms with E-state index in [0.717, 1.165) is 59.1 Å². The molecule has 0 bridgehead atoms. The van der Waals surface area contributed by atoms with Crippen molar-refractivity contribution in [2.45, 2.75) is 62.9 Å². The highest BCUT2D eigenvalue weighted by Gasteiger charge is 2.35. The molecule has 0 amide bonds. The van der Waals surface area contributed by atoms with Crippen LogP contribution < -0.4 is 0 Å². The summed E-state index contributed by atoms with van der Waals surface area (Å²) in [7, 11) is 0. The molecule has 0 radical (unpaired) electrons. The molecule has 32 heavy (non-hydrogen) atoms. The highest BCUT2D eigenvalue weighted by Crippen LogP contribution is 2.46. The van der Waals surface area contributed by atoms with Gasteiger partial charge in [0.1, 0.15) is 0 Å². The molecule has 5 nitrogen and oxygen atoms in total. The number of ketones is 1. The summed E-state index contributed by atoms with van der Waals surface area (Å²) in [5, 5.41) is 0. The first-order chi connectivity index (χ1) is 15.8. The average molecular weight is 435 g/mol. The summed E-state index contributed by atoms with van der Waals surface area (Å²) in [4.78, 5) is 14.1.